The minimum Gasteiger partial charge on any atom is -0.468 e. The van der Waals surface area contributed by atoms with E-state index in [1.54, 1.807) is 7.05 Å². The van der Waals surface area contributed by atoms with Crippen molar-refractivity contribution >= 4 is 17.5 Å². The highest BCUT2D eigenvalue weighted by Crippen LogP contribution is 2.21. The van der Waals surface area contributed by atoms with E-state index in [1.807, 2.05) is 42.2 Å². The van der Waals surface area contributed by atoms with Crippen LogP contribution in [0.3, 0.4) is 0 Å². The Hall–Kier alpha value is -2.14. The Balaban J connectivity index is 3.04. The molecule has 0 fully saturated rings. The van der Waals surface area contributed by atoms with Gasteiger partial charge in [-0.25, -0.2) is 4.79 Å². The Kier molecular flexibility index (Phi) is 6.62. The molecule has 0 aliphatic heterocycles. The Labute approximate surface area is 125 Å². The summed E-state index contributed by atoms with van der Waals surface area (Å²) in [6, 6.07) is 9.38. The van der Waals surface area contributed by atoms with Gasteiger partial charge >= 0.3 is 11.9 Å². The minimum atomic E-state index is -0.424. The van der Waals surface area contributed by atoms with Crippen LogP contribution in [0.2, 0.25) is 0 Å². The van der Waals surface area contributed by atoms with Crippen LogP contribution in [-0.4, -0.2) is 50.7 Å². The van der Waals surface area contributed by atoms with E-state index >= 15 is 0 Å². The number of hydrogen-bond donors (Lipinski definition) is 0. The lowest BCUT2D eigenvalue weighted by molar-refractivity contribution is -0.141. The van der Waals surface area contributed by atoms with Crippen LogP contribution in [0.15, 0.2) is 36.4 Å². The normalized spacial score (nSPS) is 12.9. The monoisotopic (exact) mass is 291 g/mol. The van der Waals surface area contributed by atoms with Crippen LogP contribution in [0.25, 0.3) is 5.57 Å². The molecule has 0 bridgehead atoms. The number of likely N-dealkylation sites (N-methyl/N-ethyl adjacent to an activating group) is 1. The summed E-state index contributed by atoms with van der Waals surface area (Å²) in [6.07, 6.45) is 1.45. The molecule has 1 atom stereocenters. The molecule has 0 spiro atoms. The molecule has 21 heavy (non-hydrogen) atoms. The van der Waals surface area contributed by atoms with Crippen LogP contribution >= 0.6 is 0 Å². The average molecular weight is 291 g/mol. The lowest BCUT2D eigenvalue weighted by Gasteiger charge is -2.26. The Morgan fingerprint density at radius 1 is 1.19 bits per heavy atom. The number of benzene rings is 1. The zero-order valence-corrected chi connectivity index (χ0v) is 12.8. The Morgan fingerprint density at radius 2 is 1.81 bits per heavy atom. The van der Waals surface area contributed by atoms with Gasteiger partial charge in [0.2, 0.25) is 0 Å². The summed E-state index contributed by atoms with van der Waals surface area (Å²) >= 11 is 0. The molecule has 0 aromatic heterocycles. The molecule has 114 valence electrons. The topological polar surface area (TPSA) is 55.8 Å². The van der Waals surface area contributed by atoms with Gasteiger partial charge in [-0.1, -0.05) is 30.3 Å². The first-order valence-electron chi connectivity index (χ1n) is 6.61. The molecule has 0 aliphatic rings. The summed E-state index contributed by atoms with van der Waals surface area (Å²) in [5, 5.41) is 0. The molecular weight excluding hydrogens is 270 g/mol. The molecule has 0 N–H and O–H groups in total. The Bertz CT molecular complexity index is 510. The van der Waals surface area contributed by atoms with Crippen LogP contribution in [0.5, 0.6) is 0 Å². The van der Waals surface area contributed by atoms with Gasteiger partial charge in [-0.15, -0.1) is 0 Å². The van der Waals surface area contributed by atoms with Crippen molar-refractivity contribution < 1.29 is 19.1 Å². The standard InChI is InChI=1S/C16H21NO4/c1-12(17(2)11-16(19)21-4)14(10-15(18)20-3)13-8-6-5-7-9-13/h5-10,12H,11H2,1-4H3/b14-10-. The van der Waals surface area contributed by atoms with Gasteiger partial charge in [-0.3, -0.25) is 9.69 Å². The quantitative estimate of drug-likeness (QED) is 0.590. The number of esters is 2. The molecule has 0 saturated heterocycles. The zero-order valence-electron chi connectivity index (χ0n) is 12.8. The molecule has 1 aromatic rings. The first-order valence-corrected chi connectivity index (χ1v) is 6.61. The molecule has 1 rings (SSSR count). The molecule has 0 radical (unpaired) electrons. The van der Waals surface area contributed by atoms with Crippen molar-refractivity contribution in [2.75, 3.05) is 27.8 Å². The van der Waals surface area contributed by atoms with Crippen LogP contribution in [0.4, 0.5) is 0 Å². The molecule has 5 heteroatoms. The van der Waals surface area contributed by atoms with Gasteiger partial charge in [-0.2, -0.15) is 0 Å². The van der Waals surface area contributed by atoms with Crippen molar-refractivity contribution in [2.45, 2.75) is 13.0 Å². The van der Waals surface area contributed by atoms with Crippen molar-refractivity contribution in [3.63, 3.8) is 0 Å². The van der Waals surface area contributed by atoms with E-state index < -0.39 is 5.97 Å². The van der Waals surface area contributed by atoms with Gasteiger partial charge in [0.1, 0.15) is 0 Å². The molecular formula is C16H21NO4. The van der Waals surface area contributed by atoms with Gasteiger partial charge in [-0.05, 0) is 25.1 Å². The second-order valence-corrected chi connectivity index (χ2v) is 4.66. The number of ether oxygens (including phenoxy) is 2. The van der Waals surface area contributed by atoms with E-state index in [9.17, 15) is 9.59 Å². The molecule has 0 heterocycles. The van der Waals surface area contributed by atoms with E-state index in [-0.39, 0.29) is 18.6 Å². The van der Waals surface area contributed by atoms with E-state index in [4.69, 9.17) is 4.74 Å². The third-order valence-electron chi connectivity index (χ3n) is 3.30. The van der Waals surface area contributed by atoms with Gasteiger partial charge < -0.3 is 9.47 Å². The van der Waals surface area contributed by atoms with Gasteiger partial charge in [0, 0.05) is 12.1 Å². The van der Waals surface area contributed by atoms with Crippen molar-refractivity contribution in [3.8, 4) is 0 Å². The highest BCUT2D eigenvalue weighted by Gasteiger charge is 2.19. The van der Waals surface area contributed by atoms with Crippen LogP contribution in [0, 0.1) is 0 Å². The fourth-order valence-electron chi connectivity index (χ4n) is 1.90. The summed E-state index contributed by atoms with van der Waals surface area (Å²) in [7, 11) is 4.49. The maximum atomic E-state index is 11.6. The lowest BCUT2D eigenvalue weighted by atomic mass is 9.98. The van der Waals surface area contributed by atoms with E-state index in [0.717, 1.165) is 11.1 Å². The number of carbonyl (C=O) groups excluding carboxylic acids is 2. The summed E-state index contributed by atoms with van der Waals surface area (Å²) in [5.41, 5.74) is 1.70. The van der Waals surface area contributed by atoms with Crippen molar-refractivity contribution in [3.05, 3.63) is 42.0 Å². The first-order chi connectivity index (χ1) is 9.99. The SMILES string of the molecule is COC(=O)/C=C(\c1ccccc1)C(C)N(C)CC(=O)OC. The van der Waals surface area contributed by atoms with Gasteiger partial charge in [0.15, 0.2) is 0 Å². The summed E-state index contributed by atoms with van der Waals surface area (Å²) < 4.78 is 9.38. The second-order valence-electron chi connectivity index (χ2n) is 4.66. The number of carbonyl (C=O) groups is 2. The number of methoxy groups -OCH3 is 2. The number of hydrogen-bond acceptors (Lipinski definition) is 5. The summed E-state index contributed by atoms with van der Waals surface area (Å²) in [6.45, 7) is 2.06. The second kappa shape index (κ2) is 8.21. The predicted molar refractivity (Wildman–Crippen MR) is 80.5 cm³/mol. The first kappa shape index (κ1) is 16.9. The van der Waals surface area contributed by atoms with E-state index in [2.05, 4.69) is 4.74 Å². The highest BCUT2D eigenvalue weighted by molar-refractivity contribution is 5.92. The third-order valence-corrected chi connectivity index (χ3v) is 3.30. The fraction of sp³-hybridized carbons (Fsp3) is 0.375. The highest BCUT2D eigenvalue weighted by atomic mass is 16.5. The largest absolute Gasteiger partial charge is 0.468 e. The molecule has 0 saturated carbocycles. The van der Waals surface area contributed by atoms with Crippen LogP contribution in [-0.2, 0) is 19.1 Å². The van der Waals surface area contributed by atoms with Gasteiger partial charge in [0.05, 0.1) is 20.8 Å². The predicted octanol–water partition coefficient (Wildman–Crippen LogP) is 1.74. The van der Waals surface area contributed by atoms with Crippen LogP contribution in [0.1, 0.15) is 12.5 Å². The maximum absolute atomic E-state index is 11.6. The maximum Gasteiger partial charge on any atom is 0.330 e. The van der Waals surface area contributed by atoms with Gasteiger partial charge in [0.25, 0.3) is 0 Å². The van der Waals surface area contributed by atoms with E-state index in [0.29, 0.717) is 0 Å². The molecule has 1 unspecified atom stereocenters. The fourth-order valence-corrected chi connectivity index (χ4v) is 1.90. The summed E-state index contributed by atoms with van der Waals surface area (Å²) in [5.74, 6) is -0.748. The average Bonchev–Trinajstić information content (AvgIpc) is 2.52. The molecule has 0 amide bonds. The third kappa shape index (κ3) is 5.04. The lowest BCUT2D eigenvalue weighted by Crippen LogP contribution is -2.35. The van der Waals surface area contributed by atoms with Crippen LogP contribution < -0.4 is 0 Å². The van der Waals surface area contributed by atoms with E-state index in [1.165, 1.54) is 20.3 Å². The minimum absolute atomic E-state index is 0.142. The molecule has 5 nitrogen and oxygen atoms in total. The number of rotatable bonds is 6. The molecule has 1 aromatic carbocycles. The molecule has 0 aliphatic carbocycles. The Morgan fingerprint density at radius 3 is 2.33 bits per heavy atom. The zero-order chi connectivity index (χ0) is 15.8. The smallest absolute Gasteiger partial charge is 0.330 e. The van der Waals surface area contributed by atoms with Crippen molar-refractivity contribution in [2.24, 2.45) is 0 Å². The number of nitrogens with zero attached hydrogens (tertiary/aromatic N) is 1. The van der Waals surface area contributed by atoms with Crippen molar-refractivity contribution in [1.82, 2.24) is 4.90 Å². The van der Waals surface area contributed by atoms with Crippen molar-refractivity contribution in [1.29, 1.82) is 0 Å². The summed E-state index contributed by atoms with van der Waals surface area (Å²) in [4.78, 5) is 24.8.